The van der Waals surface area contributed by atoms with E-state index in [2.05, 4.69) is 50.2 Å². The van der Waals surface area contributed by atoms with Gasteiger partial charge in [0.05, 0.1) is 11.3 Å². The maximum atomic E-state index is 13.1. The van der Waals surface area contributed by atoms with E-state index in [0.717, 1.165) is 46.7 Å². The van der Waals surface area contributed by atoms with Crippen LogP contribution in [0.25, 0.3) is 0 Å². The van der Waals surface area contributed by atoms with Crippen LogP contribution in [0.1, 0.15) is 53.8 Å². The fourth-order valence-corrected chi connectivity index (χ4v) is 7.82. The quantitative estimate of drug-likeness (QED) is 0.0982. The maximum Gasteiger partial charge on any atom is 0.416 e. The number of benzene rings is 1. The fraction of sp³-hybridized carbons (Fsp3) is 0.478. The number of nitrogens with zero attached hydrogens (tertiary/aromatic N) is 1. The predicted octanol–water partition coefficient (Wildman–Crippen LogP) is 8.01. The van der Waals surface area contributed by atoms with Gasteiger partial charge < -0.3 is 0 Å². The van der Waals surface area contributed by atoms with E-state index < -0.39 is 11.7 Å². The van der Waals surface area contributed by atoms with Gasteiger partial charge in [-0.1, -0.05) is 63.7 Å². The van der Waals surface area contributed by atoms with Gasteiger partial charge in [-0.3, -0.25) is 4.79 Å². The number of carbonyl (C=O) groups excluding carboxylic acids is 1. The Morgan fingerprint density at radius 3 is 2.55 bits per heavy atom. The van der Waals surface area contributed by atoms with Crippen molar-refractivity contribution >= 4 is 62.7 Å². The van der Waals surface area contributed by atoms with E-state index in [1.54, 1.807) is 12.1 Å². The van der Waals surface area contributed by atoms with Crippen molar-refractivity contribution in [2.75, 3.05) is 8.86 Å². The van der Waals surface area contributed by atoms with Gasteiger partial charge in [-0.25, -0.2) is 4.98 Å². The first-order valence-corrected chi connectivity index (χ1v) is 14.2. The molecule has 1 heterocycles. The third-order valence-corrected chi connectivity index (χ3v) is 10.1. The molecule has 0 amide bonds. The van der Waals surface area contributed by atoms with Crippen LogP contribution in [0.5, 0.6) is 0 Å². The third kappa shape index (κ3) is 6.82. The summed E-state index contributed by atoms with van der Waals surface area (Å²) in [6.07, 6.45) is 0.748. The summed E-state index contributed by atoms with van der Waals surface area (Å²) >= 11 is 6.23. The molecule has 0 radical (unpaired) electrons. The van der Waals surface area contributed by atoms with Gasteiger partial charge >= 0.3 is 6.18 Å². The summed E-state index contributed by atoms with van der Waals surface area (Å²) in [7, 11) is 0. The van der Waals surface area contributed by atoms with Crippen LogP contribution >= 0.6 is 56.9 Å². The number of halogens is 5. The number of pyridine rings is 1. The van der Waals surface area contributed by atoms with Gasteiger partial charge in [0.2, 0.25) is 0 Å². The first-order chi connectivity index (χ1) is 14.8. The summed E-state index contributed by atoms with van der Waals surface area (Å²) in [5.74, 6) is 0.523. The lowest BCUT2D eigenvalue weighted by atomic mass is 9.84. The van der Waals surface area contributed by atoms with E-state index in [0.29, 0.717) is 27.5 Å². The summed E-state index contributed by atoms with van der Waals surface area (Å²) in [6.45, 7) is 0. The Kier molecular flexibility index (Phi) is 9.11. The van der Waals surface area contributed by atoms with E-state index in [-0.39, 0.29) is 11.7 Å². The molecule has 31 heavy (non-hydrogen) atoms. The van der Waals surface area contributed by atoms with Gasteiger partial charge in [-0.2, -0.15) is 13.2 Å². The van der Waals surface area contributed by atoms with Crippen molar-refractivity contribution in [2.45, 2.75) is 48.9 Å². The monoisotopic (exact) mass is 673 g/mol. The molecular formula is C23H24F3I2NOS. The van der Waals surface area contributed by atoms with Crippen LogP contribution in [-0.4, -0.2) is 19.6 Å². The molecule has 1 aliphatic carbocycles. The molecule has 1 unspecified atom stereocenters. The molecule has 0 bridgehead atoms. The molecule has 3 rings (SSSR count). The summed E-state index contributed by atoms with van der Waals surface area (Å²) < 4.78 is 41.0. The molecule has 1 aromatic heterocycles. The van der Waals surface area contributed by atoms with E-state index in [1.165, 1.54) is 24.2 Å². The van der Waals surface area contributed by atoms with Crippen LogP contribution in [0.15, 0.2) is 47.4 Å². The molecule has 1 aromatic carbocycles. The molecule has 1 saturated carbocycles. The number of aromatic nitrogens is 1. The average Bonchev–Trinajstić information content (AvgIpc) is 3.00. The van der Waals surface area contributed by atoms with Gasteiger partial charge in [0, 0.05) is 25.4 Å². The zero-order valence-corrected chi connectivity index (χ0v) is 22.1. The van der Waals surface area contributed by atoms with Gasteiger partial charge in [0.1, 0.15) is 5.69 Å². The van der Waals surface area contributed by atoms with Crippen molar-refractivity contribution in [3.8, 4) is 0 Å². The summed E-state index contributed by atoms with van der Waals surface area (Å²) in [6, 6.07) is 10.7. The van der Waals surface area contributed by atoms with Crippen molar-refractivity contribution in [2.24, 2.45) is 11.3 Å². The van der Waals surface area contributed by atoms with Crippen LogP contribution in [0.3, 0.4) is 0 Å². The number of carbonyl (C=O) groups is 1. The minimum Gasteiger partial charge on any atom is -0.292 e. The first kappa shape index (κ1) is 25.3. The smallest absolute Gasteiger partial charge is 0.292 e. The number of thioether (sulfide) groups is 1. The van der Waals surface area contributed by atoms with Gasteiger partial charge in [0.25, 0.3) is 0 Å². The van der Waals surface area contributed by atoms with E-state index in [1.807, 2.05) is 12.1 Å². The van der Waals surface area contributed by atoms with E-state index in [9.17, 15) is 18.0 Å². The molecule has 8 heteroatoms. The molecule has 0 aliphatic heterocycles. The van der Waals surface area contributed by atoms with E-state index >= 15 is 0 Å². The molecule has 0 saturated heterocycles. The highest BCUT2D eigenvalue weighted by Gasteiger charge is 2.34. The first-order valence-electron chi connectivity index (χ1n) is 10.2. The van der Waals surface area contributed by atoms with Gasteiger partial charge in [0.15, 0.2) is 5.78 Å². The zero-order chi connectivity index (χ0) is 22.5. The fourth-order valence-electron chi connectivity index (χ4n) is 3.86. The summed E-state index contributed by atoms with van der Waals surface area (Å²) in [5, 5.41) is 0. The molecule has 0 spiro atoms. The lowest BCUT2D eigenvalue weighted by Gasteiger charge is -2.28. The van der Waals surface area contributed by atoms with Crippen LogP contribution in [0.2, 0.25) is 0 Å². The number of ketones is 1. The third-order valence-electron chi connectivity index (χ3n) is 5.83. The summed E-state index contributed by atoms with van der Waals surface area (Å²) in [4.78, 5) is 18.2. The number of rotatable bonds is 7. The van der Waals surface area contributed by atoms with Crippen molar-refractivity contribution in [3.05, 3.63) is 59.4 Å². The Labute approximate surface area is 212 Å². The maximum absolute atomic E-state index is 13.1. The molecule has 2 nitrogen and oxygen atoms in total. The van der Waals surface area contributed by atoms with Crippen molar-refractivity contribution in [3.63, 3.8) is 0 Å². The normalized spacial score (nSPS) is 19.1. The number of alkyl halides is 5. The standard InChI is InChI=1S/C23H24F3I2NOS/c24-23(25,26)17-5-1-7-19(12-17)31-13-18-6-2-8-20(29-18)21(30)16-4-3-10-22(14-27,15-28)11-9-16/h1-2,5-8,12,16H,3-4,9-11,13-15H2. The van der Waals surface area contributed by atoms with Crippen LogP contribution in [0.4, 0.5) is 13.2 Å². The van der Waals surface area contributed by atoms with Crippen LogP contribution < -0.4 is 0 Å². The second-order valence-corrected chi connectivity index (χ2v) is 10.7. The lowest BCUT2D eigenvalue weighted by molar-refractivity contribution is -0.137. The second-order valence-electron chi connectivity index (χ2n) is 8.09. The number of hydrogen-bond donors (Lipinski definition) is 0. The van der Waals surface area contributed by atoms with Crippen molar-refractivity contribution in [1.29, 1.82) is 0 Å². The average molecular weight is 673 g/mol. The van der Waals surface area contributed by atoms with Gasteiger partial charge in [-0.15, -0.1) is 11.8 Å². The van der Waals surface area contributed by atoms with Crippen LogP contribution in [-0.2, 0) is 11.9 Å². The predicted molar refractivity (Wildman–Crippen MR) is 136 cm³/mol. The molecule has 1 fully saturated rings. The van der Waals surface area contributed by atoms with E-state index in [4.69, 9.17) is 0 Å². The van der Waals surface area contributed by atoms with Crippen molar-refractivity contribution in [1.82, 2.24) is 4.98 Å². The highest BCUT2D eigenvalue weighted by Crippen LogP contribution is 2.41. The number of hydrogen-bond acceptors (Lipinski definition) is 3. The Morgan fingerprint density at radius 2 is 1.84 bits per heavy atom. The molecule has 1 aliphatic rings. The molecule has 2 aromatic rings. The van der Waals surface area contributed by atoms with Gasteiger partial charge in [-0.05, 0) is 61.4 Å². The second kappa shape index (κ2) is 11.2. The highest BCUT2D eigenvalue weighted by atomic mass is 127. The molecule has 168 valence electrons. The van der Waals surface area contributed by atoms with Crippen LogP contribution in [0, 0.1) is 11.3 Å². The Balaban J connectivity index is 1.66. The lowest BCUT2D eigenvalue weighted by Crippen LogP contribution is -2.24. The minimum absolute atomic E-state index is 0.00615. The number of Topliss-reactive ketones (excluding diaryl/α,β-unsaturated/α-hetero) is 1. The zero-order valence-electron chi connectivity index (χ0n) is 16.9. The minimum atomic E-state index is -4.36. The molecular weight excluding hydrogens is 649 g/mol. The Hall–Kier alpha value is -0.360. The SMILES string of the molecule is O=C(c1cccc(CSc2cccc(C(F)(F)F)c2)n1)C1CCCC(CI)(CI)CC1. The van der Waals surface area contributed by atoms with Crippen molar-refractivity contribution < 1.29 is 18.0 Å². The molecule has 0 N–H and O–H groups in total. The highest BCUT2D eigenvalue weighted by molar-refractivity contribution is 14.1. The molecule has 1 atom stereocenters. The summed E-state index contributed by atoms with van der Waals surface area (Å²) in [5.41, 5.74) is 0.865. The Bertz CT molecular complexity index is 902. The Morgan fingerprint density at radius 1 is 1.10 bits per heavy atom. The topological polar surface area (TPSA) is 30.0 Å². The largest absolute Gasteiger partial charge is 0.416 e.